The number of nitrogens with zero attached hydrogens (tertiary/aromatic N) is 4. The molecule has 7 rings (SSSR count). The molecule has 0 spiro atoms. The second-order valence-electron chi connectivity index (χ2n) is 14.6. The van der Waals surface area contributed by atoms with E-state index < -0.39 is 0 Å². The fourth-order valence-electron chi connectivity index (χ4n) is 7.90. The predicted molar refractivity (Wildman–Crippen MR) is 197 cm³/mol. The van der Waals surface area contributed by atoms with Gasteiger partial charge in [0.1, 0.15) is 5.82 Å². The average molecular weight is 830 g/mol. The van der Waals surface area contributed by atoms with Gasteiger partial charge in [0.2, 0.25) is 0 Å². The molecule has 0 radical (unpaired) electrons. The summed E-state index contributed by atoms with van der Waals surface area (Å²) < 4.78 is 10.8. The van der Waals surface area contributed by atoms with E-state index >= 15 is 0 Å². The molecule has 1 unspecified atom stereocenters. The second kappa shape index (κ2) is 13.8. The van der Waals surface area contributed by atoms with Gasteiger partial charge in [0.05, 0.1) is 5.69 Å². The van der Waals surface area contributed by atoms with Crippen LogP contribution in [0.2, 0.25) is 0 Å². The van der Waals surface area contributed by atoms with Gasteiger partial charge in [-0.2, -0.15) is 17.2 Å². The number of ether oxygens (including phenoxy) is 1. The zero-order chi connectivity index (χ0) is 33.7. The maximum atomic E-state index is 6.52. The van der Waals surface area contributed by atoms with Gasteiger partial charge in [-0.15, -0.1) is 35.7 Å². The summed E-state index contributed by atoms with van der Waals surface area (Å²) in [4.78, 5) is 4.82. The fraction of sp³-hybridized carbons (Fsp3) is 0.349. The molecule has 0 aliphatic heterocycles. The Morgan fingerprint density at radius 2 is 1.67 bits per heavy atom. The topological polar surface area (TPSA) is 44.9 Å². The van der Waals surface area contributed by atoms with Crippen LogP contribution in [0.15, 0.2) is 84.6 Å². The Kier molecular flexibility index (Phi) is 9.79. The number of rotatable bonds is 7. The molecule has 1 aliphatic rings. The first-order valence-corrected chi connectivity index (χ1v) is 17.5. The summed E-state index contributed by atoms with van der Waals surface area (Å²) >= 11 is 0. The van der Waals surface area contributed by atoms with Crippen molar-refractivity contribution in [2.24, 2.45) is 11.8 Å². The Balaban J connectivity index is 0.00000417. The van der Waals surface area contributed by atoms with Gasteiger partial charge in [-0.05, 0) is 78.3 Å². The number of pyridine rings is 1. The summed E-state index contributed by atoms with van der Waals surface area (Å²) in [5.41, 5.74) is 9.47. The number of fused-ring (bicyclic) bond motifs is 3. The first-order chi connectivity index (χ1) is 23.1. The largest absolute Gasteiger partial charge is 2.00 e. The Bertz CT molecular complexity index is 2160. The molecular formula is C43H46N4OPt. The molecule has 5 nitrogen and oxygen atoms in total. The van der Waals surface area contributed by atoms with Gasteiger partial charge in [-0.25, -0.2) is 4.98 Å². The van der Waals surface area contributed by atoms with Crippen LogP contribution in [0.25, 0.3) is 33.3 Å². The molecule has 3 heterocycles. The van der Waals surface area contributed by atoms with Gasteiger partial charge in [-0.3, -0.25) is 4.68 Å². The molecule has 3 aromatic carbocycles. The summed E-state index contributed by atoms with van der Waals surface area (Å²) in [5, 5.41) is 7.47. The van der Waals surface area contributed by atoms with Gasteiger partial charge in [-0.1, -0.05) is 83.8 Å². The van der Waals surface area contributed by atoms with Crippen molar-refractivity contribution >= 4 is 21.8 Å². The Labute approximate surface area is 305 Å². The van der Waals surface area contributed by atoms with Gasteiger partial charge >= 0.3 is 21.1 Å². The van der Waals surface area contributed by atoms with Crippen LogP contribution in [0.1, 0.15) is 90.2 Å². The monoisotopic (exact) mass is 829 g/mol. The molecule has 3 aromatic heterocycles. The van der Waals surface area contributed by atoms with E-state index in [0.717, 1.165) is 46.2 Å². The molecule has 254 valence electrons. The van der Waals surface area contributed by atoms with E-state index in [9.17, 15) is 0 Å². The van der Waals surface area contributed by atoms with Crippen molar-refractivity contribution in [1.29, 1.82) is 0 Å². The average Bonchev–Trinajstić information content (AvgIpc) is 3.59. The first-order valence-electron chi connectivity index (χ1n) is 17.5. The normalized spacial score (nSPS) is 18.0. The van der Waals surface area contributed by atoms with E-state index in [0.29, 0.717) is 29.3 Å². The molecule has 0 bridgehead atoms. The van der Waals surface area contributed by atoms with Crippen LogP contribution in [0.5, 0.6) is 11.5 Å². The number of hydrogen-bond acceptors (Lipinski definition) is 3. The number of hydrogen-bond donors (Lipinski definition) is 0. The third-order valence-electron chi connectivity index (χ3n) is 10.0. The minimum atomic E-state index is 0. The fourth-order valence-corrected chi connectivity index (χ4v) is 7.90. The molecule has 3 atom stereocenters. The second-order valence-corrected chi connectivity index (χ2v) is 14.6. The summed E-state index contributed by atoms with van der Waals surface area (Å²) in [5.74, 6) is 3.72. The number of para-hydroxylation sites is 1. The molecule has 49 heavy (non-hydrogen) atoms. The number of benzene rings is 3. The summed E-state index contributed by atoms with van der Waals surface area (Å²) in [7, 11) is 0. The van der Waals surface area contributed by atoms with Crippen molar-refractivity contribution in [2.75, 3.05) is 0 Å². The molecule has 6 aromatic rings. The third-order valence-corrected chi connectivity index (χ3v) is 10.0. The number of aryl methyl sites for hydroxylation is 1. The molecule has 0 fully saturated rings. The van der Waals surface area contributed by atoms with Crippen molar-refractivity contribution in [3.05, 3.63) is 119 Å². The standard InChI is InChI=1S/C43H46N4O.Pt/c1-9-36-42(41-28(4)22-27(3)23-29(41)5)37(10-2)47(45-36)31-14-13-15-32(25-31)48-33-18-19-35-34-16-11-12-17-38(34)46(39(35)26-33)40-24-30(20-21-44-40)43(6,7)8;/h11-22,24,27,29,41H,9-10,23H2,1-8H3;/q-2;+2/t27-,29-,41?;/m0./s1. The van der Waals surface area contributed by atoms with Crippen LogP contribution in [-0.4, -0.2) is 19.3 Å². The maximum absolute atomic E-state index is 6.52. The minimum absolute atomic E-state index is 0. The molecular weight excluding hydrogens is 784 g/mol. The van der Waals surface area contributed by atoms with Crippen LogP contribution < -0.4 is 4.74 Å². The van der Waals surface area contributed by atoms with Crippen LogP contribution in [-0.2, 0) is 39.3 Å². The van der Waals surface area contributed by atoms with Crippen molar-refractivity contribution in [2.45, 2.75) is 86.0 Å². The molecule has 6 heteroatoms. The van der Waals surface area contributed by atoms with Gasteiger partial charge in [0.25, 0.3) is 0 Å². The van der Waals surface area contributed by atoms with Gasteiger partial charge in [0.15, 0.2) is 0 Å². The van der Waals surface area contributed by atoms with Crippen LogP contribution in [0, 0.1) is 24.0 Å². The van der Waals surface area contributed by atoms with Crippen LogP contribution >= 0.6 is 0 Å². The smallest absolute Gasteiger partial charge is 0.509 e. The summed E-state index contributed by atoms with van der Waals surface area (Å²) in [6.45, 7) is 18.2. The van der Waals surface area contributed by atoms with E-state index in [1.807, 2.05) is 24.4 Å². The Hall–Kier alpha value is -3.95. The Morgan fingerprint density at radius 1 is 0.898 bits per heavy atom. The SMILES string of the molecule is CCc1nn(-c2[c-]c(Oc3[c-]c4c(cc3)c3ccccc3n4-c3cc(C(C)(C)C)ccn3)ccc2)c(CC)c1C1C(C)=C[C@H](C)C[C@@H]1C.[Pt+2]. The third kappa shape index (κ3) is 6.43. The summed E-state index contributed by atoms with van der Waals surface area (Å²) in [6, 6.07) is 30.1. The molecule has 0 N–H and O–H groups in total. The van der Waals surface area contributed by atoms with E-state index in [1.54, 1.807) is 0 Å². The Morgan fingerprint density at radius 3 is 2.41 bits per heavy atom. The quantitative estimate of drug-likeness (QED) is 0.119. The maximum Gasteiger partial charge on any atom is 2.00 e. The van der Waals surface area contributed by atoms with E-state index in [1.165, 1.54) is 34.5 Å². The first kappa shape index (κ1) is 34.9. The van der Waals surface area contributed by atoms with Crippen molar-refractivity contribution in [1.82, 2.24) is 19.3 Å². The van der Waals surface area contributed by atoms with E-state index in [2.05, 4.69) is 131 Å². The van der Waals surface area contributed by atoms with Gasteiger partial charge < -0.3 is 9.30 Å². The zero-order valence-electron chi connectivity index (χ0n) is 29.9. The summed E-state index contributed by atoms with van der Waals surface area (Å²) in [6.07, 6.45) is 7.36. The predicted octanol–water partition coefficient (Wildman–Crippen LogP) is 10.9. The minimum Gasteiger partial charge on any atom is -0.509 e. The molecule has 1 aliphatic carbocycles. The number of aromatic nitrogens is 4. The number of allylic oxidation sites excluding steroid dienone is 2. The van der Waals surface area contributed by atoms with Crippen molar-refractivity contribution in [3.8, 4) is 23.0 Å². The van der Waals surface area contributed by atoms with Crippen LogP contribution in [0.4, 0.5) is 0 Å². The van der Waals surface area contributed by atoms with Crippen molar-refractivity contribution in [3.63, 3.8) is 0 Å². The molecule has 0 saturated carbocycles. The van der Waals surface area contributed by atoms with E-state index in [-0.39, 0.29) is 26.5 Å². The molecule has 0 amide bonds. The van der Waals surface area contributed by atoms with Gasteiger partial charge in [0, 0.05) is 40.4 Å². The zero-order valence-corrected chi connectivity index (χ0v) is 32.1. The van der Waals surface area contributed by atoms with Crippen LogP contribution in [0.3, 0.4) is 0 Å². The van der Waals surface area contributed by atoms with E-state index in [4.69, 9.17) is 14.8 Å². The van der Waals surface area contributed by atoms with Crippen molar-refractivity contribution < 1.29 is 25.8 Å². The molecule has 0 saturated heterocycles.